The fourth-order valence-corrected chi connectivity index (χ4v) is 2.78. The molecule has 0 spiro atoms. The van der Waals surface area contributed by atoms with Crippen molar-refractivity contribution in [1.82, 2.24) is 5.32 Å². The molecule has 0 fully saturated rings. The second-order valence-electron chi connectivity index (χ2n) is 4.32. The predicted octanol–water partition coefficient (Wildman–Crippen LogP) is 3.29. The number of benzene rings is 1. The first-order chi connectivity index (χ1) is 8.79. The molecule has 2 heterocycles. The van der Waals surface area contributed by atoms with E-state index in [0.29, 0.717) is 0 Å². The average molecular weight is 308 g/mol. The van der Waals surface area contributed by atoms with Crippen LogP contribution in [-0.4, -0.2) is 13.7 Å². The Hall–Kier alpha value is -1.26. The number of nitrogens with one attached hydrogen (secondary N) is 1. The molecular formula is C14H14BrNO2. The normalized spacial score (nSPS) is 15.2. The maximum Gasteiger partial charge on any atom is 0.139 e. The third kappa shape index (κ3) is 1.95. The lowest BCUT2D eigenvalue weighted by Gasteiger charge is -2.15. The molecule has 4 heteroatoms. The first-order valence-corrected chi connectivity index (χ1v) is 6.74. The number of hydrogen-bond acceptors (Lipinski definition) is 3. The van der Waals surface area contributed by atoms with Crippen LogP contribution in [0, 0.1) is 0 Å². The number of hydrogen-bond donors (Lipinski definition) is 1. The summed E-state index contributed by atoms with van der Waals surface area (Å²) in [5.74, 6) is 1.91. The molecule has 0 amide bonds. The van der Waals surface area contributed by atoms with Crippen LogP contribution >= 0.6 is 15.9 Å². The summed E-state index contributed by atoms with van der Waals surface area (Å²) >= 11 is 3.51. The van der Waals surface area contributed by atoms with Crippen LogP contribution in [0.2, 0.25) is 0 Å². The molecule has 1 N–H and O–H groups in total. The molecule has 1 aromatic carbocycles. The van der Waals surface area contributed by atoms with Crippen molar-refractivity contribution in [1.29, 1.82) is 0 Å². The molecule has 2 aromatic rings. The van der Waals surface area contributed by atoms with Gasteiger partial charge in [0, 0.05) is 6.42 Å². The lowest BCUT2D eigenvalue weighted by atomic mass is 10.0. The zero-order chi connectivity index (χ0) is 12.5. The Kier molecular flexibility index (Phi) is 3.14. The molecule has 94 valence electrons. The largest absolute Gasteiger partial charge is 0.493 e. The Morgan fingerprint density at radius 1 is 1.33 bits per heavy atom. The molecule has 0 saturated carbocycles. The van der Waals surface area contributed by atoms with Gasteiger partial charge in [-0.3, -0.25) is 0 Å². The van der Waals surface area contributed by atoms with Gasteiger partial charge in [-0.05, 0) is 52.3 Å². The van der Waals surface area contributed by atoms with Gasteiger partial charge < -0.3 is 14.5 Å². The van der Waals surface area contributed by atoms with Crippen molar-refractivity contribution in [3.8, 4) is 5.75 Å². The molecule has 1 aliphatic rings. The minimum absolute atomic E-state index is 0.0558. The van der Waals surface area contributed by atoms with E-state index in [-0.39, 0.29) is 6.04 Å². The van der Waals surface area contributed by atoms with Crippen molar-refractivity contribution in [2.75, 3.05) is 13.7 Å². The lowest BCUT2D eigenvalue weighted by molar-refractivity contribution is 0.356. The summed E-state index contributed by atoms with van der Waals surface area (Å²) in [5.41, 5.74) is 2.47. The summed E-state index contributed by atoms with van der Waals surface area (Å²) in [6.45, 7) is 0.785. The summed E-state index contributed by atoms with van der Waals surface area (Å²) < 4.78 is 12.1. The number of furan rings is 1. The predicted molar refractivity (Wildman–Crippen MR) is 73.0 cm³/mol. The number of fused-ring (bicyclic) bond motifs is 1. The number of halogens is 1. The summed E-state index contributed by atoms with van der Waals surface area (Å²) in [6, 6.07) is 8.29. The standard InChI is InChI=1S/C14H14BrNO2/c1-16-13(14-11(15)5-7-18-14)10-2-3-12-9(8-10)4-6-17-12/h2-3,5,7-8,13,16H,4,6H2,1H3. The molecule has 1 aromatic heterocycles. The maximum atomic E-state index is 5.55. The minimum Gasteiger partial charge on any atom is -0.493 e. The van der Waals surface area contributed by atoms with Crippen LogP contribution in [-0.2, 0) is 6.42 Å². The van der Waals surface area contributed by atoms with E-state index in [1.54, 1.807) is 6.26 Å². The number of rotatable bonds is 3. The van der Waals surface area contributed by atoms with Crippen LogP contribution in [0.25, 0.3) is 0 Å². The quantitative estimate of drug-likeness (QED) is 0.945. The fraction of sp³-hybridized carbons (Fsp3) is 0.286. The van der Waals surface area contributed by atoms with Gasteiger partial charge in [-0.25, -0.2) is 0 Å². The highest BCUT2D eigenvalue weighted by Crippen LogP contribution is 2.33. The molecule has 0 bridgehead atoms. The van der Waals surface area contributed by atoms with E-state index in [2.05, 4.69) is 33.4 Å². The smallest absolute Gasteiger partial charge is 0.139 e. The maximum absolute atomic E-state index is 5.55. The van der Waals surface area contributed by atoms with Crippen LogP contribution < -0.4 is 10.1 Å². The first-order valence-electron chi connectivity index (χ1n) is 5.95. The van der Waals surface area contributed by atoms with E-state index >= 15 is 0 Å². The molecule has 1 aliphatic heterocycles. The van der Waals surface area contributed by atoms with Crippen molar-refractivity contribution < 1.29 is 9.15 Å². The van der Waals surface area contributed by atoms with Gasteiger partial charge in [-0.1, -0.05) is 6.07 Å². The molecule has 0 saturated heterocycles. The third-order valence-electron chi connectivity index (χ3n) is 3.24. The summed E-state index contributed by atoms with van der Waals surface area (Å²) in [6.07, 6.45) is 2.68. The zero-order valence-corrected chi connectivity index (χ0v) is 11.7. The van der Waals surface area contributed by atoms with Gasteiger partial charge in [0.25, 0.3) is 0 Å². The van der Waals surface area contributed by atoms with E-state index in [4.69, 9.17) is 9.15 Å². The Labute approximate surface area is 114 Å². The van der Waals surface area contributed by atoms with E-state index in [1.165, 1.54) is 11.1 Å². The first kappa shape index (κ1) is 11.8. The minimum atomic E-state index is 0.0558. The third-order valence-corrected chi connectivity index (χ3v) is 3.90. The van der Waals surface area contributed by atoms with E-state index in [9.17, 15) is 0 Å². The Morgan fingerprint density at radius 3 is 2.94 bits per heavy atom. The molecule has 1 atom stereocenters. The number of ether oxygens (including phenoxy) is 1. The highest BCUT2D eigenvalue weighted by atomic mass is 79.9. The summed E-state index contributed by atoms with van der Waals surface area (Å²) in [5, 5.41) is 3.29. The van der Waals surface area contributed by atoms with Gasteiger partial charge in [-0.2, -0.15) is 0 Å². The Balaban J connectivity index is 2.00. The van der Waals surface area contributed by atoms with Crippen molar-refractivity contribution in [2.24, 2.45) is 0 Å². The van der Waals surface area contributed by atoms with Gasteiger partial charge in [-0.15, -0.1) is 0 Å². The topological polar surface area (TPSA) is 34.4 Å². The van der Waals surface area contributed by atoms with Crippen molar-refractivity contribution in [3.05, 3.63) is 51.9 Å². The highest BCUT2D eigenvalue weighted by molar-refractivity contribution is 9.10. The molecule has 0 aliphatic carbocycles. The fourth-order valence-electron chi connectivity index (χ4n) is 2.35. The molecule has 18 heavy (non-hydrogen) atoms. The van der Waals surface area contributed by atoms with Gasteiger partial charge in [0.15, 0.2) is 0 Å². The van der Waals surface area contributed by atoms with Gasteiger partial charge in [0.05, 0.1) is 23.4 Å². The monoisotopic (exact) mass is 307 g/mol. The van der Waals surface area contributed by atoms with E-state index in [0.717, 1.165) is 29.0 Å². The van der Waals surface area contributed by atoms with Crippen LogP contribution in [0.4, 0.5) is 0 Å². The van der Waals surface area contributed by atoms with Crippen molar-refractivity contribution >= 4 is 15.9 Å². The van der Waals surface area contributed by atoms with Crippen molar-refractivity contribution in [3.63, 3.8) is 0 Å². The second kappa shape index (κ2) is 4.78. The van der Waals surface area contributed by atoms with Crippen molar-refractivity contribution in [2.45, 2.75) is 12.5 Å². The summed E-state index contributed by atoms with van der Waals surface area (Å²) in [4.78, 5) is 0. The average Bonchev–Trinajstić information content (AvgIpc) is 2.99. The van der Waals surface area contributed by atoms with Gasteiger partial charge in [0.2, 0.25) is 0 Å². The van der Waals surface area contributed by atoms with Crippen LogP contribution in [0.1, 0.15) is 22.9 Å². The Bertz CT molecular complexity index is 565. The van der Waals surface area contributed by atoms with E-state index < -0.39 is 0 Å². The van der Waals surface area contributed by atoms with E-state index in [1.807, 2.05) is 19.2 Å². The molecule has 1 unspecified atom stereocenters. The molecular weight excluding hydrogens is 294 g/mol. The zero-order valence-electron chi connectivity index (χ0n) is 10.1. The highest BCUT2D eigenvalue weighted by Gasteiger charge is 2.21. The van der Waals surface area contributed by atoms with Crippen LogP contribution in [0.15, 0.2) is 39.4 Å². The van der Waals surface area contributed by atoms with Gasteiger partial charge >= 0.3 is 0 Å². The molecule has 3 nitrogen and oxygen atoms in total. The second-order valence-corrected chi connectivity index (χ2v) is 5.17. The lowest BCUT2D eigenvalue weighted by Crippen LogP contribution is -2.17. The molecule has 0 radical (unpaired) electrons. The Morgan fingerprint density at radius 2 is 2.22 bits per heavy atom. The molecule has 3 rings (SSSR count). The van der Waals surface area contributed by atoms with Gasteiger partial charge in [0.1, 0.15) is 11.5 Å². The SMILES string of the molecule is CNC(c1ccc2c(c1)CCO2)c1occc1Br. The summed E-state index contributed by atoms with van der Waals surface area (Å²) in [7, 11) is 1.93. The van der Waals surface area contributed by atoms with Crippen LogP contribution in [0.5, 0.6) is 5.75 Å². The van der Waals surface area contributed by atoms with Crippen LogP contribution in [0.3, 0.4) is 0 Å².